The molecule has 0 N–H and O–H groups in total. The fourth-order valence-electron chi connectivity index (χ4n) is 0.493. The van der Waals surface area contributed by atoms with Crippen molar-refractivity contribution in [3.05, 3.63) is 24.0 Å². The van der Waals surface area contributed by atoms with E-state index in [9.17, 15) is 0 Å². The van der Waals surface area contributed by atoms with Crippen molar-refractivity contribution in [2.45, 2.75) is 6.92 Å². The van der Waals surface area contributed by atoms with Gasteiger partial charge in [0.05, 0.1) is 12.5 Å². The first-order valence-electron chi connectivity index (χ1n) is 2.36. The molecular weight excluding hydrogens is 86.9 g/mol. The highest BCUT2D eigenvalue weighted by Crippen LogP contribution is 1.96. The number of hydrogen-bond donors (Lipinski definition) is 0. The van der Waals surface area contributed by atoms with Gasteiger partial charge in [-0.3, -0.25) is 0 Å². The molecule has 1 aliphatic heterocycles. The Morgan fingerprint density at radius 2 is 2.57 bits per heavy atom. The van der Waals surface area contributed by atoms with Crippen LogP contribution in [0.2, 0.25) is 0 Å². The van der Waals surface area contributed by atoms with E-state index in [2.05, 4.69) is 0 Å². The molecule has 7 heavy (non-hydrogen) atoms. The number of allylic oxidation sites excluding steroid dienone is 1. The van der Waals surface area contributed by atoms with Crippen molar-refractivity contribution < 1.29 is 4.74 Å². The van der Waals surface area contributed by atoms with E-state index in [1.54, 1.807) is 12.5 Å². The molecule has 0 aromatic heterocycles. The summed E-state index contributed by atoms with van der Waals surface area (Å²) in [4.78, 5) is 0. The van der Waals surface area contributed by atoms with Crippen molar-refractivity contribution in [2.75, 3.05) is 0 Å². The van der Waals surface area contributed by atoms with E-state index in [-0.39, 0.29) is 0 Å². The Kier molecular flexibility index (Phi) is 1.20. The molecule has 0 aliphatic carbocycles. The van der Waals surface area contributed by atoms with Gasteiger partial charge in [-0.15, -0.1) is 0 Å². The Labute approximate surface area is 43.9 Å². The summed E-state index contributed by atoms with van der Waals surface area (Å²) in [5.41, 5.74) is 1.28. The first-order valence-corrected chi connectivity index (χ1v) is 2.36. The first kappa shape index (κ1) is 4.50. The third-order valence-corrected chi connectivity index (χ3v) is 0.884. The maximum absolute atomic E-state index is 4.84. The van der Waals surface area contributed by atoms with E-state index in [0.717, 1.165) is 7.28 Å². The average molecular weight is 93.9 g/mol. The van der Waals surface area contributed by atoms with E-state index in [4.69, 9.17) is 4.74 Å². The molecule has 1 nitrogen and oxygen atoms in total. The van der Waals surface area contributed by atoms with Crippen LogP contribution >= 0.6 is 0 Å². The molecule has 0 atom stereocenters. The summed E-state index contributed by atoms with van der Waals surface area (Å²) in [5.74, 6) is 2.00. The molecule has 0 spiro atoms. The van der Waals surface area contributed by atoms with E-state index in [0.29, 0.717) is 0 Å². The van der Waals surface area contributed by atoms with Gasteiger partial charge in [-0.05, 0) is 6.92 Å². The van der Waals surface area contributed by atoms with E-state index >= 15 is 0 Å². The molecule has 0 saturated heterocycles. The predicted molar refractivity (Wildman–Crippen MR) is 31.1 cm³/mol. The molecule has 1 aliphatic rings. The third-order valence-electron chi connectivity index (χ3n) is 0.884. The van der Waals surface area contributed by atoms with Crippen LogP contribution in [0.5, 0.6) is 0 Å². The van der Waals surface area contributed by atoms with Crippen molar-refractivity contribution >= 4 is 7.28 Å². The highest BCUT2D eigenvalue weighted by Gasteiger charge is 1.91. The van der Waals surface area contributed by atoms with Crippen LogP contribution in [-0.2, 0) is 4.74 Å². The van der Waals surface area contributed by atoms with Gasteiger partial charge in [0.2, 0.25) is 0 Å². The van der Waals surface area contributed by atoms with Gasteiger partial charge in [-0.25, -0.2) is 0 Å². The minimum Gasteiger partial charge on any atom is -0.475 e. The van der Waals surface area contributed by atoms with Gasteiger partial charge in [0.1, 0.15) is 0 Å². The molecule has 36 valence electrons. The maximum atomic E-state index is 4.84. The van der Waals surface area contributed by atoms with Gasteiger partial charge in [0.25, 0.3) is 0 Å². The van der Waals surface area contributed by atoms with Crippen LogP contribution < -0.4 is 0 Å². The minimum atomic E-state index is 1.04. The van der Waals surface area contributed by atoms with Crippen LogP contribution in [0.15, 0.2) is 24.0 Å². The molecule has 0 aromatic carbocycles. The summed E-state index contributed by atoms with van der Waals surface area (Å²) >= 11 is 0. The molecule has 2 heteroatoms. The summed E-state index contributed by atoms with van der Waals surface area (Å²) in [7, 11) is 1.04. The molecule has 0 unspecified atom stereocenters. The van der Waals surface area contributed by atoms with E-state index in [1.165, 1.54) is 5.47 Å². The quantitative estimate of drug-likeness (QED) is 0.403. The molecule has 0 amide bonds. The molecular formula is C5H7BO. The molecule has 0 bridgehead atoms. The van der Waals surface area contributed by atoms with Crippen molar-refractivity contribution in [1.29, 1.82) is 0 Å². The highest BCUT2D eigenvalue weighted by molar-refractivity contribution is 6.50. The molecule has 0 saturated carbocycles. The van der Waals surface area contributed by atoms with Gasteiger partial charge in [-0.2, -0.15) is 0 Å². The lowest BCUT2D eigenvalue weighted by Crippen LogP contribution is -1.92. The fourth-order valence-corrected chi connectivity index (χ4v) is 0.493. The van der Waals surface area contributed by atoms with Gasteiger partial charge >= 0.3 is 0 Å². The number of ether oxygens (including phenoxy) is 1. The van der Waals surface area contributed by atoms with Crippen molar-refractivity contribution in [3.8, 4) is 0 Å². The normalized spacial score (nSPS) is 17.0. The predicted octanol–water partition coefficient (Wildman–Crippen LogP) is 0.786. The maximum Gasteiger partial charge on any atom is 0.185 e. The van der Waals surface area contributed by atoms with Crippen molar-refractivity contribution in [1.82, 2.24) is 0 Å². The largest absolute Gasteiger partial charge is 0.475 e. The van der Waals surface area contributed by atoms with Crippen LogP contribution in [0.25, 0.3) is 0 Å². The van der Waals surface area contributed by atoms with Crippen LogP contribution in [0.4, 0.5) is 0 Å². The third kappa shape index (κ3) is 1.11. The fraction of sp³-hybridized carbons (Fsp3) is 0.200. The number of hydrogen-bond acceptors (Lipinski definition) is 1. The van der Waals surface area contributed by atoms with E-state index < -0.39 is 0 Å². The zero-order valence-electron chi connectivity index (χ0n) is 4.35. The lowest BCUT2D eigenvalue weighted by molar-refractivity contribution is 0.399. The Morgan fingerprint density at radius 3 is 2.86 bits per heavy atom. The van der Waals surface area contributed by atoms with Crippen molar-refractivity contribution in [3.63, 3.8) is 0 Å². The number of rotatable bonds is 0. The standard InChI is InChI=1S/C5H7BO/c1-5-4-7-3-2-6-5/h2-4,6H,1H3. The lowest BCUT2D eigenvalue weighted by atomic mass is 9.71. The second kappa shape index (κ2) is 1.87. The van der Waals surface area contributed by atoms with Gasteiger partial charge < -0.3 is 4.74 Å². The zero-order chi connectivity index (χ0) is 5.11. The lowest BCUT2D eigenvalue weighted by Gasteiger charge is -1.98. The first-order chi connectivity index (χ1) is 3.39. The van der Waals surface area contributed by atoms with E-state index in [1.807, 2.05) is 12.9 Å². The van der Waals surface area contributed by atoms with Crippen molar-refractivity contribution in [2.24, 2.45) is 0 Å². The molecule has 1 heterocycles. The van der Waals surface area contributed by atoms with Crippen LogP contribution in [-0.4, -0.2) is 7.28 Å². The second-order valence-electron chi connectivity index (χ2n) is 1.68. The summed E-state index contributed by atoms with van der Waals surface area (Å²) < 4.78 is 4.84. The molecule has 0 aromatic rings. The van der Waals surface area contributed by atoms with Crippen LogP contribution in [0.1, 0.15) is 6.92 Å². The Morgan fingerprint density at radius 1 is 1.71 bits per heavy atom. The molecule has 0 fully saturated rings. The van der Waals surface area contributed by atoms with Gasteiger partial charge in [0, 0.05) is 0 Å². The van der Waals surface area contributed by atoms with Gasteiger partial charge in [-0.1, -0.05) is 11.4 Å². The molecule has 0 radical (unpaired) electrons. The second-order valence-corrected chi connectivity index (χ2v) is 1.68. The van der Waals surface area contributed by atoms with Gasteiger partial charge in [0.15, 0.2) is 7.28 Å². The van der Waals surface area contributed by atoms with Crippen LogP contribution in [0.3, 0.4) is 0 Å². The summed E-state index contributed by atoms with van der Waals surface area (Å²) in [5, 5.41) is 0. The molecule has 1 rings (SSSR count). The highest BCUT2D eigenvalue weighted by atomic mass is 16.5. The Hall–Kier alpha value is -0.655. The minimum absolute atomic E-state index is 1.04. The smallest absolute Gasteiger partial charge is 0.185 e. The summed E-state index contributed by atoms with van der Waals surface area (Å²) in [6.07, 6.45) is 3.47. The SMILES string of the molecule is CC1=COC=CB1. The Bertz CT molecular complexity index is 115. The van der Waals surface area contributed by atoms with Crippen LogP contribution in [0, 0.1) is 0 Å². The summed E-state index contributed by atoms with van der Waals surface area (Å²) in [6, 6.07) is 0. The topological polar surface area (TPSA) is 9.23 Å². The summed E-state index contributed by atoms with van der Waals surface area (Å²) in [6.45, 7) is 2.05. The monoisotopic (exact) mass is 94.1 g/mol. The average Bonchev–Trinajstić information content (AvgIpc) is 1.69. The Balaban J connectivity index is 2.50. The zero-order valence-corrected chi connectivity index (χ0v) is 4.35.